The summed E-state index contributed by atoms with van der Waals surface area (Å²) >= 11 is 1.36. The highest BCUT2D eigenvalue weighted by atomic mass is 32.1. The number of nitro benzene ring substituents is 1. The summed E-state index contributed by atoms with van der Waals surface area (Å²) in [5.41, 5.74) is 7.25. The van der Waals surface area contributed by atoms with Crippen LogP contribution in [0.2, 0.25) is 0 Å². The van der Waals surface area contributed by atoms with Gasteiger partial charge in [0, 0.05) is 30.5 Å². The number of carbonyl (C=O) groups is 2. The highest BCUT2D eigenvalue weighted by Crippen LogP contribution is 2.31. The molecule has 1 aromatic heterocycles. The number of nitrogens with zero attached hydrogens (tertiary/aromatic N) is 3. The zero-order chi connectivity index (χ0) is 18.8. The van der Waals surface area contributed by atoms with Crippen LogP contribution >= 0.6 is 11.3 Å². The minimum Gasteiger partial charge on any atom is -0.311 e. The van der Waals surface area contributed by atoms with Gasteiger partial charge in [-0.15, -0.1) is 11.3 Å². The summed E-state index contributed by atoms with van der Waals surface area (Å²) in [7, 11) is 0. The molecule has 2 amide bonds. The Hall–Kier alpha value is -3.01. The van der Waals surface area contributed by atoms with E-state index in [1.165, 1.54) is 28.4 Å². The highest BCUT2D eigenvalue weighted by Gasteiger charge is 2.36. The minimum absolute atomic E-state index is 0.0482. The summed E-state index contributed by atoms with van der Waals surface area (Å²) in [6, 6.07) is 4.36. The monoisotopic (exact) mass is 375 g/mol. The topological polar surface area (TPSA) is 117 Å². The Morgan fingerprint density at radius 2 is 2.19 bits per heavy atom. The number of hydrogen-bond acceptors (Lipinski definition) is 7. The van der Waals surface area contributed by atoms with Gasteiger partial charge in [-0.05, 0) is 19.4 Å². The Balaban J connectivity index is 1.69. The lowest BCUT2D eigenvalue weighted by molar-refractivity contribution is -0.384. The van der Waals surface area contributed by atoms with E-state index >= 15 is 0 Å². The molecule has 2 heterocycles. The zero-order valence-electron chi connectivity index (χ0n) is 14.2. The standard InChI is InChI=1S/C16H17N5O4S/c1-9-3-4-12(21(24)25)6-13(9)20-7-11(5-14(20)22)15(23)18-19-16-17-10(2)8-26-16/h3-4,6,8,11H,5,7H2,1-2H3,(H,17,19)(H,18,23). The lowest BCUT2D eigenvalue weighted by Gasteiger charge is -2.19. The maximum absolute atomic E-state index is 12.3. The van der Waals surface area contributed by atoms with Crippen molar-refractivity contribution in [2.45, 2.75) is 20.3 Å². The maximum Gasteiger partial charge on any atom is 0.271 e. The molecule has 0 aliphatic carbocycles. The van der Waals surface area contributed by atoms with Crippen LogP contribution in [-0.2, 0) is 9.59 Å². The molecule has 0 radical (unpaired) electrons. The van der Waals surface area contributed by atoms with Crippen molar-refractivity contribution in [1.29, 1.82) is 0 Å². The summed E-state index contributed by atoms with van der Waals surface area (Å²) in [5, 5.41) is 13.4. The van der Waals surface area contributed by atoms with Crippen LogP contribution in [0.5, 0.6) is 0 Å². The predicted molar refractivity (Wildman–Crippen MR) is 96.9 cm³/mol. The average Bonchev–Trinajstić information content (AvgIpc) is 3.18. The summed E-state index contributed by atoms with van der Waals surface area (Å²) in [4.78, 5) is 40.8. The molecule has 0 spiro atoms. The Labute approximate surface area is 153 Å². The molecular weight excluding hydrogens is 358 g/mol. The van der Waals surface area contributed by atoms with Gasteiger partial charge in [0.2, 0.25) is 16.9 Å². The molecule has 1 fully saturated rings. The van der Waals surface area contributed by atoms with Gasteiger partial charge in [0.15, 0.2) is 0 Å². The van der Waals surface area contributed by atoms with Crippen molar-refractivity contribution in [3.63, 3.8) is 0 Å². The molecule has 10 heteroatoms. The second kappa shape index (κ2) is 7.08. The fourth-order valence-corrected chi connectivity index (χ4v) is 3.39. The minimum atomic E-state index is -0.547. The number of benzene rings is 1. The van der Waals surface area contributed by atoms with Gasteiger partial charge in [0.25, 0.3) is 5.69 Å². The molecule has 9 nitrogen and oxygen atoms in total. The molecule has 0 bridgehead atoms. The second-order valence-electron chi connectivity index (χ2n) is 6.04. The average molecular weight is 375 g/mol. The number of non-ortho nitro benzene ring substituents is 1. The normalized spacial score (nSPS) is 16.6. The lowest BCUT2D eigenvalue weighted by atomic mass is 10.1. The van der Waals surface area contributed by atoms with E-state index in [0.717, 1.165) is 11.3 Å². The van der Waals surface area contributed by atoms with E-state index in [1.54, 1.807) is 13.0 Å². The quantitative estimate of drug-likeness (QED) is 0.611. The molecule has 1 aliphatic rings. The predicted octanol–water partition coefficient (Wildman–Crippen LogP) is 2.16. The van der Waals surface area contributed by atoms with Gasteiger partial charge in [-0.2, -0.15) is 0 Å². The van der Waals surface area contributed by atoms with E-state index in [4.69, 9.17) is 0 Å². The van der Waals surface area contributed by atoms with E-state index in [9.17, 15) is 19.7 Å². The number of hydrogen-bond donors (Lipinski definition) is 2. The third-order valence-electron chi connectivity index (χ3n) is 4.10. The molecule has 26 heavy (non-hydrogen) atoms. The maximum atomic E-state index is 12.3. The molecule has 2 N–H and O–H groups in total. The van der Waals surface area contributed by atoms with Crippen LogP contribution < -0.4 is 15.8 Å². The van der Waals surface area contributed by atoms with Crippen LogP contribution in [-0.4, -0.2) is 28.3 Å². The first-order valence-electron chi connectivity index (χ1n) is 7.88. The van der Waals surface area contributed by atoms with Crippen LogP contribution in [0.15, 0.2) is 23.6 Å². The Morgan fingerprint density at radius 1 is 1.42 bits per heavy atom. The van der Waals surface area contributed by atoms with Crippen LogP contribution in [0, 0.1) is 29.9 Å². The molecule has 3 rings (SSSR count). The van der Waals surface area contributed by atoms with Gasteiger partial charge in [-0.1, -0.05) is 6.07 Å². The fraction of sp³-hybridized carbons (Fsp3) is 0.312. The van der Waals surface area contributed by atoms with E-state index in [1.807, 2.05) is 12.3 Å². The fourth-order valence-electron chi connectivity index (χ4n) is 2.75. The van der Waals surface area contributed by atoms with Crippen LogP contribution in [0.25, 0.3) is 0 Å². The van der Waals surface area contributed by atoms with Gasteiger partial charge in [0.1, 0.15) is 0 Å². The number of thiazole rings is 1. The number of aromatic nitrogens is 1. The number of aryl methyl sites for hydroxylation is 2. The number of rotatable bonds is 5. The molecular formula is C16H17N5O4S. The number of nitrogens with one attached hydrogen (secondary N) is 2. The smallest absolute Gasteiger partial charge is 0.271 e. The van der Waals surface area contributed by atoms with Gasteiger partial charge in [-0.25, -0.2) is 4.98 Å². The number of hydrazine groups is 1. The van der Waals surface area contributed by atoms with Gasteiger partial charge in [0.05, 0.1) is 22.2 Å². The molecule has 1 saturated heterocycles. The number of carbonyl (C=O) groups excluding carboxylic acids is 2. The molecule has 1 unspecified atom stereocenters. The van der Waals surface area contributed by atoms with Gasteiger partial charge >= 0.3 is 0 Å². The first kappa shape index (κ1) is 17.8. The van der Waals surface area contributed by atoms with Crippen molar-refractivity contribution in [3.05, 3.63) is 45.0 Å². The molecule has 1 aromatic carbocycles. The van der Waals surface area contributed by atoms with E-state index in [2.05, 4.69) is 15.8 Å². The summed E-state index contributed by atoms with van der Waals surface area (Å²) in [6.45, 7) is 3.79. The third kappa shape index (κ3) is 3.64. The van der Waals surface area contributed by atoms with Gasteiger partial charge in [-0.3, -0.25) is 30.6 Å². The first-order chi connectivity index (χ1) is 12.3. The van der Waals surface area contributed by atoms with Crippen molar-refractivity contribution in [2.75, 3.05) is 16.9 Å². The van der Waals surface area contributed by atoms with Crippen molar-refractivity contribution in [2.24, 2.45) is 5.92 Å². The molecule has 0 saturated carbocycles. The number of nitro groups is 1. The molecule has 1 atom stereocenters. The SMILES string of the molecule is Cc1csc(NNC(=O)C2CC(=O)N(c3cc([N+](=O)[O-])ccc3C)C2)n1. The van der Waals surface area contributed by atoms with Crippen LogP contribution in [0.1, 0.15) is 17.7 Å². The number of anilines is 2. The van der Waals surface area contributed by atoms with E-state index < -0.39 is 10.8 Å². The molecule has 2 aromatic rings. The Morgan fingerprint density at radius 3 is 2.85 bits per heavy atom. The van der Waals surface area contributed by atoms with Crippen molar-refractivity contribution in [3.8, 4) is 0 Å². The summed E-state index contributed by atoms with van der Waals surface area (Å²) in [5.74, 6) is -1.11. The Bertz CT molecular complexity index is 881. The second-order valence-corrected chi connectivity index (χ2v) is 6.90. The number of amides is 2. The van der Waals surface area contributed by atoms with Crippen molar-refractivity contribution >= 4 is 39.7 Å². The van der Waals surface area contributed by atoms with E-state index in [0.29, 0.717) is 10.8 Å². The summed E-state index contributed by atoms with van der Waals surface area (Å²) in [6.07, 6.45) is 0.0482. The van der Waals surface area contributed by atoms with Crippen molar-refractivity contribution in [1.82, 2.24) is 10.4 Å². The zero-order valence-corrected chi connectivity index (χ0v) is 15.0. The summed E-state index contributed by atoms with van der Waals surface area (Å²) < 4.78 is 0. The van der Waals surface area contributed by atoms with E-state index in [-0.39, 0.29) is 30.5 Å². The largest absolute Gasteiger partial charge is 0.311 e. The molecule has 136 valence electrons. The molecule has 1 aliphatic heterocycles. The lowest BCUT2D eigenvalue weighted by Crippen LogP contribution is -2.36. The van der Waals surface area contributed by atoms with Gasteiger partial charge < -0.3 is 4.90 Å². The highest BCUT2D eigenvalue weighted by molar-refractivity contribution is 7.13. The third-order valence-corrected chi connectivity index (χ3v) is 4.98. The van der Waals surface area contributed by atoms with Crippen LogP contribution in [0.3, 0.4) is 0 Å². The van der Waals surface area contributed by atoms with Crippen LogP contribution in [0.4, 0.5) is 16.5 Å². The Kier molecular flexibility index (Phi) is 4.85. The first-order valence-corrected chi connectivity index (χ1v) is 8.76. The van der Waals surface area contributed by atoms with Crippen molar-refractivity contribution < 1.29 is 14.5 Å².